The molecule has 0 unspecified atom stereocenters. The molecule has 3 amide bonds. The molecule has 1 spiro atoms. The Morgan fingerprint density at radius 1 is 1.04 bits per heavy atom. The van der Waals surface area contributed by atoms with E-state index in [1.165, 1.54) is 0 Å². The van der Waals surface area contributed by atoms with Gasteiger partial charge in [-0.1, -0.05) is 74.9 Å². The molecular weight excluding hydrogens is 616 g/mol. The van der Waals surface area contributed by atoms with Crippen LogP contribution in [-0.2, 0) is 33.4 Å². The minimum Gasteiger partial charge on any atom is -0.463 e. The van der Waals surface area contributed by atoms with Gasteiger partial charge in [0.1, 0.15) is 18.2 Å². The van der Waals surface area contributed by atoms with Crippen molar-refractivity contribution in [2.24, 2.45) is 17.8 Å². The number of allylic oxidation sites excluding steroid dienone is 1. The second kappa shape index (κ2) is 14.9. The Bertz CT molecular complexity index is 1400. The van der Waals surface area contributed by atoms with Crippen molar-refractivity contribution in [3.63, 3.8) is 0 Å². The number of carbonyl (C=O) groups is 4. The number of amides is 3. The molecule has 0 saturated carbocycles. The van der Waals surface area contributed by atoms with Crippen LogP contribution >= 0.6 is 0 Å². The molecule has 1 aromatic carbocycles. The van der Waals surface area contributed by atoms with Gasteiger partial charge in [0.2, 0.25) is 17.7 Å². The van der Waals surface area contributed by atoms with Crippen molar-refractivity contribution in [3.05, 3.63) is 60.2 Å². The van der Waals surface area contributed by atoms with Gasteiger partial charge in [0.15, 0.2) is 0 Å². The van der Waals surface area contributed by atoms with E-state index in [1.807, 2.05) is 56.3 Å². The van der Waals surface area contributed by atoms with Crippen molar-refractivity contribution in [1.82, 2.24) is 20.0 Å². The van der Waals surface area contributed by atoms with E-state index < -0.39 is 53.5 Å². The summed E-state index contributed by atoms with van der Waals surface area (Å²) in [7, 11) is 0. The number of aliphatic hydroxyl groups excluding tert-OH is 1. The average molecular weight is 665 g/mol. The van der Waals surface area contributed by atoms with E-state index in [2.05, 4.69) is 10.2 Å². The molecule has 5 heterocycles. The number of carbonyl (C=O) groups excluding carboxylic acids is 4. The van der Waals surface area contributed by atoms with Gasteiger partial charge in [-0.25, -0.2) is 0 Å². The van der Waals surface area contributed by atoms with Crippen LogP contribution < -0.4 is 5.32 Å². The van der Waals surface area contributed by atoms with E-state index in [9.17, 15) is 24.3 Å². The number of morpholine rings is 1. The predicted molar refractivity (Wildman–Crippen MR) is 175 cm³/mol. The summed E-state index contributed by atoms with van der Waals surface area (Å²) in [6.45, 7) is 7.60. The Morgan fingerprint density at radius 2 is 1.81 bits per heavy atom. The summed E-state index contributed by atoms with van der Waals surface area (Å²) in [6, 6.07) is 6.89. The fourth-order valence-corrected chi connectivity index (χ4v) is 7.85. The lowest BCUT2D eigenvalue weighted by molar-refractivity contribution is -0.152. The number of ether oxygens (including phenoxy) is 3. The minimum absolute atomic E-state index is 0.0701. The lowest BCUT2D eigenvalue weighted by atomic mass is 9.74. The minimum atomic E-state index is -1.37. The maximum atomic E-state index is 14.9. The lowest BCUT2D eigenvalue weighted by Gasteiger charge is -2.41. The number of fused-ring (bicyclic) bond motifs is 2. The van der Waals surface area contributed by atoms with Crippen molar-refractivity contribution in [3.8, 4) is 0 Å². The molecule has 2 N–H and O–H groups in total. The highest BCUT2D eigenvalue weighted by Crippen LogP contribution is 2.56. The molecule has 5 aliphatic heterocycles. The van der Waals surface area contributed by atoms with Crippen LogP contribution in [0.5, 0.6) is 0 Å². The predicted octanol–water partition coefficient (Wildman–Crippen LogP) is 1.46. The number of nitrogens with one attached hydrogen (secondary N) is 1. The Morgan fingerprint density at radius 3 is 2.54 bits per heavy atom. The van der Waals surface area contributed by atoms with Gasteiger partial charge in [0.25, 0.3) is 0 Å². The summed E-state index contributed by atoms with van der Waals surface area (Å²) in [5.41, 5.74) is -0.614. The monoisotopic (exact) mass is 664 g/mol. The highest BCUT2D eigenvalue weighted by Gasteiger charge is 2.74. The number of likely N-dealkylation sites (tertiary alicyclic amines) is 1. The van der Waals surface area contributed by atoms with Crippen LogP contribution in [-0.4, -0.2) is 126 Å². The third-order valence-corrected chi connectivity index (χ3v) is 10.7. The third kappa shape index (κ3) is 6.55. The van der Waals surface area contributed by atoms with Crippen molar-refractivity contribution in [1.29, 1.82) is 0 Å². The van der Waals surface area contributed by atoms with Crippen LogP contribution in [0.2, 0.25) is 0 Å². The number of aliphatic hydroxyl groups is 1. The Kier molecular flexibility index (Phi) is 10.6. The lowest BCUT2D eigenvalue weighted by Crippen LogP contribution is -2.60. The first-order chi connectivity index (χ1) is 23.3. The Hall–Kier alpha value is -3.58. The molecule has 6 rings (SSSR count). The summed E-state index contributed by atoms with van der Waals surface area (Å²) in [5, 5.41) is 13.8. The van der Waals surface area contributed by atoms with Gasteiger partial charge in [0.05, 0.1) is 49.8 Å². The zero-order chi connectivity index (χ0) is 33.8. The van der Waals surface area contributed by atoms with E-state index in [0.29, 0.717) is 39.1 Å². The fraction of sp³-hybridized carbons (Fsp3) is 0.611. The van der Waals surface area contributed by atoms with Crippen molar-refractivity contribution < 1.29 is 38.5 Å². The fourth-order valence-electron chi connectivity index (χ4n) is 7.85. The van der Waals surface area contributed by atoms with Crippen LogP contribution in [0.4, 0.5) is 0 Å². The van der Waals surface area contributed by atoms with E-state index in [1.54, 1.807) is 22.0 Å². The van der Waals surface area contributed by atoms with Crippen LogP contribution in [0.25, 0.3) is 0 Å². The van der Waals surface area contributed by atoms with Gasteiger partial charge in [-0.2, -0.15) is 0 Å². The van der Waals surface area contributed by atoms with Crippen LogP contribution in [0.15, 0.2) is 54.6 Å². The first-order valence-corrected chi connectivity index (χ1v) is 17.3. The highest BCUT2D eigenvalue weighted by atomic mass is 16.5. The van der Waals surface area contributed by atoms with Gasteiger partial charge < -0.3 is 34.4 Å². The summed E-state index contributed by atoms with van der Waals surface area (Å²) >= 11 is 0. The SMILES string of the molecule is CC[C@H](C)[C@H](CO)N1C(=O)[C@@H]2[C@H]3C(=O)N[C@@H](c4ccccc4)COC(=O)CC/C=C\CN(CCN4CCOCC4)C(=O)[C@@H]1[C@]21C=C[C@H]3O1. The second-order valence-electron chi connectivity index (χ2n) is 13.5. The molecule has 0 radical (unpaired) electrons. The molecular formula is C36H48N4O8. The number of hydrogen-bond acceptors (Lipinski definition) is 9. The second-order valence-corrected chi connectivity index (χ2v) is 13.5. The number of hydrogen-bond donors (Lipinski definition) is 2. The van der Waals surface area contributed by atoms with Gasteiger partial charge in [-0.05, 0) is 17.9 Å². The first-order valence-electron chi connectivity index (χ1n) is 17.3. The zero-order valence-corrected chi connectivity index (χ0v) is 27.9. The molecule has 48 heavy (non-hydrogen) atoms. The van der Waals surface area contributed by atoms with E-state index in [4.69, 9.17) is 14.2 Å². The molecule has 260 valence electrons. The quantitative estimate of drug-likeness (QED) is 0.313. The molecule has 5 bridgehead atoms. The van der Waals surface area contributed by atoms with Crippen LogP contribution in [0, 0.1) is 17.8 Å². The highest BCUT2D eigenvalue weighted by molar-refractivity contribution is 6.00. The van der Waals surface area contributed by atoms with Gasteiger partial charge >= 0.3 is 5.97 Å². The van der Waals surface area contributed by atoms with Crippen LogP contribution in [0.3, 0.4) is 0 Å². The van der Waals surface area contributed by atoms with Gasteiger partial charge in [-0.3, -0.25) is 24.1 Å². The third-order valence-electron chi connectivity index (χ3n) is 10.7. The van der Waals surface area contributed by atoms with Gasteiger partial charge in [0, 0.05) is 39.1 Å². The van der Waals surface area contributed by atoms with Crippen molar-refractivity contribution in [2.75, 3.05) is 59.2 Å². The van der Waals surface area contributed by atoms with E-state index >= 15 is 0 Å². The summed E-state index contributed by atoms with van der Waals surface area (Å²) in [4.78, 5) is 62.1. The molecule has 0 aliphatic carbocycles. The molecule has 8 atom stereocenters. The number of benzene rings is 1. The molecule has 5 aliphatic rings. The Labute approximate surface area is 282 Å². The standard InChI is InChI=1S/C36H48N4O8/c1-3-24(2)27(22-41)40-32-35(45)39(17-16-38-18-20-46-21-19-38)15-9-5-8-12-29(42)47-23-26(25-10-6-4-7-11-25)37-33(43)30-28-13-14-36(32,48-28)31(30)34(40)44/h4-7,9-11,13-14,24,26-28,30-32,41H,3,8,12,15-23H2,1-2H3,(H,37,43)/b9-5-/t24-,26+,27-,28+,30-,31-,32+,36-/m0/s1. The van der Waals surface area contributed by atoms with Gasteiger partial charge in [-0.15, -0.1) is 0 Å². The first kappa shape index (κ1) is 34.3. The largest absolute Gasteiger partial charge is 0.463 e. The van der Waals surface area contributed by atoms with E-state index in [0.717, 1.165) is 18.7 Å². The Balaban J connectivity index is 1.39. The van der Waals surface area contributed by atoms with Crippen LogP contribution in [0.1, 0.15) is 44.7 Å². The van der Waals surface area contributed by atoms with Crippen molar-refractivity contribution >= 4 is 23.7 Å². The maximum absolute atomic E-state index is 14.9. The topological polar surface area (TPSA) is 138 Å². The number of nitrogens with zero attached hydrogens (tertiary/aromatic N) is 3. The molecule has 1 aromatic rings. The van der Waals surface area contributed by atoms with Crippen molar-refractivity contribution in [2.45, 2.75) is 62.9 Å². The zero-order valence-electron chi connectivity index (χ0n) is 27.9. The summed E-state index contributed by atoms with van der Waals surface area (Å²) < 4.78 is 17.8. The molecule has 3 saturated heterocycles. The maximum Gasteiger partial charge on any atom is 0.306 e. The summed E-state index contributed by atoms with van der Waals surface area (Å²) in [5.74, 6) is -3.47. The number of esters is 1. The molecule has 3 fully saturated rings. The smallest absolute Gasteiger partial charge is 0.306 e. The molecule has 0 aromatic heterocycles. The molecule has 12 nitrogen and oxygen atoms in total. The summed E-state index contributed by atoms with van der Waals surface area (Å²) in [6.07, 6.45) is 7.87. The van der Waals surface area contributed by atoms with E-state index in [-0.39, 0.29) is 43.9 Å². The average Bonchev–Trinajstić information content (AvgIpc) is 3.75. The number of rotatable bonds is 8. The number of cyclic esters (lactones) is 1. The molecule has 12 heteroatoms. The normalized spacial score (nSPS) is 33.4.